The Morgan fingerprint density at radius 1 is 1.29 bits per heavy atom. The largest absolute Gasteiger partial charge is 0.465 e. The number of hydrogen-bond acceptors (Lipinski definition) is 3. The van der Waals surface area contributed by atoms with Crippen molar-refractivity contribution in [3.8, 4) is 0 Å². The summed E-state index contributed by atoms with van der Waals surface area (Å²) in [6, 6.07) is 0. The zero-order valence-electron chi connectivity index (χ0n) is 11.3. The average molecular weight is 263 g/mol. The third-order valence-electron chi connectivity index (χ3n) is 2.87. The number of hydrogen-bond donors (Lipinski definition) is 1. The van der Waals surface area contributed by atoms with Gasteiger partial charge in [-0.25, -0.2) is 4.79 Å². The second-order valence-corrected chi connectivity index (χ2v) is 6.42. The molecule has 1 atom stereocenters. The number of nitrogens with zero attached hydrogens (tertiary/aromatic N) is 1. The van der Waals surface area contributed by atoms with Crippen molar-refractivity contribution < 1.29 is 18.8 Å². The number of unbranched alkanes of at least 4 members (excludes halogenated alkanes) is 2. The first kappa shape index (κ1) is 16.4. The van der Waals surface area contributed by atoms with Crippen molar-refractivity contribution in [1.29, 1.82) is 0 Å². The van der Waals surface area contributed by atoms with E-state index in [0.29, 0.717) is 6.54 Å². The molecule has 0 aliphatic heterocycles. The van der Waals surface area contributed by atoms with Gasteiger partial charge in [0.1, 0.15) is 0 Å². The highest BCUT2D eigenvalue weighted by Gasteiger charge is 2.32. The van der Waals surface area contributed by atoms with E-state index in [1.54, 1.807) is 14.2 Å². The molecule has 0 rings (SSSR count). The summed E-state index contributed by atoms with van der Waals surface area (Å²) in [5.41, 5.74) is -0.0981. The molecule has 0 aromatic rings. The van der Waals surface area contributed by atoms with Gasteiger partial charge in [0, 0.05) is 20.8 Å². The molecule has 6 heteroatoms. The quantitative estimate of drug-likeness (QED) is 0.510. The minimum atomic E-state index is -1.94. The van der Waals surface area contributed by atoms with Crippen LogP contribution in [0.25, 0.3) is 0 Å². The van der Waals surface area contributed by atoms with E-state index in [1.807, 2.05) is 6.92 Å². The Bertz CT molecular complexity index is 212. The second-order valence-electron chi connectivity index (χ2n) is 3.97. The molecule has 1 N–H and O–H groups in total. The molecule has 0 spiro atoms. The molecule has 0 aromatic heterocycles. The van der Waals surface area contributed by atoms with Gasteiger partial charge in [-0.1, -0.05) is 26.2 Å². The SMILES string of the molecule is CCCCCC(N(CC)C(=O)O)[SiH](OC)OC. The summed E-state index contributed by atoms with van der Waals surface area (Å²) in [4.78, 5) is 12.6. The van der Waals surface area contributed by atoms with Gasteiger partial charge in [-0.3, -0.25) is 0 Å². The maximum absolute atomic E-state index is 11.2. The number of carboxylic acid groups (broad SMARTS) is 1. The first-order valence-corrected chi connectivity index (χ1v) is 7.78. The van der Waals surface area contributed by atoms with Crippen molar-refractivity contribution in [2.75, 3.05) is 20.8 Å². The van der Waals surface area contributed by atoms with Crippen LogP contribution < -0.4 is 0 Å². The smallest absolute Gasteiger partial charge is 0.407 e. The minimum absolute atomic E-state index is 0.0981. The summed E-state index contributed by atoms with van der Waals surface area (Å²) < 4.78 is 10.7. The summed E-state index contributed by atoms with van der Waals surface area (Å²) in [5.74, 6) is 0. The predicted octanol–water partition coefficient (Wildman–Crippen LogP) is 1.99. The number of carbonyl (C=O) groups is 1. The lowest BCUT2D eigenvalue weighted by Gasteiger charge is -2.31. The number of amides is 1. The van der Waals surface area contributed by atoms with Crippen LogP contribution in [-0.4, -0.2) is 51.8 Å². The van der Waals surface area contributed by atoms with Gasteiger partial charge in [-0.2, -0.15) is 0 Å². The molecule has 102 valence electrons. The molecule has 0 heterocycles. The van der Waals surface area contributed by atoms with Gasteiger partial charge >= 0.3 is 15.4 Å². The fraction of sp³-hybridized carbons (Fsp3) is 0.909. The highest BCUT2D eigenvalue weighted by Crippen LogP contribution is 2.14. The molecule has 5 nitrogen and oxygen atoms in total. The lowest BCUT2D eigenvalue weighted by atomic mass is 10.2. The molecular formula is C11H25NO4Si. The van der Waals surface area contributed by atoms with E-state index < -0.39 is 15.4 Å². The van der Waals surface area contributed by atoms with Gasteiger partial charge in [0.2, 0.25) is 0 Å². The van der Waals surface area contributed by atoms with Gasteiger partial charge in [0.15, 0.2) is 0 Å². The summed E-state index contributed by atoms with van der Waals surface area (Å²) in [6.07, 6.45) is 3.19. The second kappa shape index (κ2) is 9.44. The normalized spacial score (nSPS) is 12.8. The van der Waals surface area contributed by atoms with Gasteiger partial charge in [-0.15, -0.1) is 0 Å². The third-order valence-corrected chi connectivity index (χ3v) is 5.12. The van der Waals surface area contributed by atoms with Crippen LogP contribution in [0.4, 0.5) is 4.79 Å². The van der Waals surface area contributed by atoms with E-state index in [2.05, 4.69) is 6.92 Å². The van der Waals surface area contributed by atoms with Crippen molar-refractivity contribution in [1.82, 2.24) is 4.90 Å². The monoisotopic (exact) mass is 263 g/mol. The molecule has 0 bridgehead atoms. The standard InChI is InChI=1S/C11H25NO4Si/c1-5-7-8-9-10(17(15-3)16-4)12(6-2)11(13)14/h10,17H,5-9H2,1-4H3,(H,13,14). The van der Waals surface area contributed by atoms with Gasteiger partial charge in [0.05, 0.1) is 5.67 Å². The molecule has 0 saturated heterocycles. The van der Waals surface area contributed by atoms with Crippen LogP contribution in [0.1, 0.15) is 39.5 Å². The maximum Gasteiger partial charge on any atom is 0.407 e. The molecule has 17 heavy (non-hydrogen) atoms. The van der Waals surface area contributed by atoms with Crippen LogP contribution in [0.5, 0.6) is 0 Å². The van der Waals surface area contributed by atoms with E-state index in [1.165, 1.54) is 4.90 Å². The van der Waals surface area contributed by atoms with Crippen LogP contribution >= 0.6 is 0 Å². The Labute approximate surface area is 106 Å². The first-order valence-electron chi connectivity index (χ1n) is 6.17. The summed E-state index contributed by atoms with van der Waals surface area (Å²) in [7, 11) is 1.26. The van der Waals surface area contributed by atoms with Crippen molar-refractivity contribution >= 4 is 15.4 Å². The van der Waals surface area contributed by atoms with Crippen LogP contribution in [0.3, 0.4) is 0 Å². The van der Waals surface area contributed by atoms with Gasteiger partial charge in [0.25, 0.3) is 0 Å². The van der Waals surface area contributed by atoms with E-state index in [0.717, 1.165) is 25.7 Å². The first-order chi connectivity index (χ1) is 8.12. The average Bonchev–Trinajstić information content (AvgIpc) is 2.30. The van der Waals surface area contributed by atoms with Crippen LogP contribution in [-0.2, 0) is 8.85 Å². The molecule has 0 saturated carbocycles. The highest BCUT2D eigenvalue weighted by molar-refractivity contribution is 6.46. The van der Waals surface area contributed by atoms with Crippen molar-refractivity contribution in [3.05, 3.63) is 0 Å². The molecule has 0 aliphatic carbocycles. The predicted molar refractivity (Wildman–Crippen MR) is 69.5 cm³/mol. The molecule has 1 unspecified atom stereocenters. The Morgan fingerprint density at radius 3 is 2.24 bits per heavy atom. The molecular weight excluding hydrogens is 238 g/mol. The van der Waals surface area contributed by atoms with Crippen molar-refractivity contribution in [2.45, 2.75) is 45.2 Å². The summed E-state index contributed by atoms with van der Waals surface area (Å²) in [6.45, 7) is 4.45. The van der Waals surface area contributed by atoms with Gasteiger partial charge in [-0.05, 0) is 13.3 Å². The molecule has 1 amide bonds. The van der Waals surface area contributed by atoms with E-state index in [-0.39, 0.29) is 5.67 Å². The Balaban J connectivity index is 4.61. The summed E-state index contributed by atoms with van der Waals surface area (Å²) >= 11 is 0. The third kappa shape index (κ3) is 5.52. The van der Waals surface area contributed by atoms with Crippen LogP contribution in [0, 0.1) is 0 Å². The van der Waals surface area contributed by atoms with Gasteiger partial charge < -0.3 is 18.9 Å². The number of rotatable bonds is 9. The highest BCUT2D eigenvalue weighted by atomic mass is 28.3. The molecule has 0 fully saturated rings. The Hall–Kier alpha value is -0.593. The fourth-order valence-electron chi connectivity index (χ4n) is 1.96. The zero-order chi connectivity index (χ0) is 13.3. The molecule has 0 radical (unpaired) electrons. The van der Waals surface area contributed by atoms with E-state index in [9.17, 15) is 9.90 Å². The van der Waals surface area contributed by atoms with Crippen LogP contribution in [0.15, 0.2) is 0 Å². The maximum atomic E-state index is 11.2. The lowest BCUT2D eigenvalue weighted by Crippen LogP contribution is -2.50. The van der Waals surface area contributed by atoms with Crippen molar-refractivity contribution in [2.24, 2.45) is 0 Å². The molecule has 0 aromatic carbocycles. The van der Waals surface area contributed by atoms with Crippen molar-refractivity contribution in [3.63, 3.8) is 0 Å². The lowest BCUT2D eigenvalue weighted by molar-refractivity contribution is 0.125. The Kier molecular flexibility index (Phi) is 9.11. The van der Waals surface area contributed by atoms with E-state index >= 15 is 0 Å². The minimum Gasteiger partial charge on any atom is -0.465 e. The zero-order valence-corrected chi connectivity index (χ0v) is 12.5. The Morgan fingerprint density at radius 2 is 1.88 bits per heavy atom. The van der Waals surface area contributed by atoms with E-state index in [4.69, 9.17) is 8.85 Å². The van der Waals surface area contributed by atoms with Crippen LogP contribution in [0.2, 0.25) is 0 Å². The fourth-order valence-corrected chi connectivity index (χ4v) is 3.93. The molecule has 0 aliphatic rings. The topological polar surface area (TPSA) is 59.0 Å². The summed E-state index contributed by atoms with van der Waals surface area (Å²) in [5, 5.41) is 9.18.